The van der Waals surface area contributed by atoms with Crippen molar-refractivity contribution in [3.63, 3.8) is 0 Å². The largest absolute Gasteiger partial charge is 0.312 e. The van der Waals surface area contributed by atoms with Crippen molar-refractivity contribution < 1.29 is 0 Å². The quantitative estimate of drug-likeness (QED) is 0.656. The van der Waals surface area contributed by atoms with Crippen molar-refractivity contribution in [2.75, 3.05) is 6.54 Å². The zero-order chi connectivity index (χ0) is 9.83. The highest BCUT2D eigenvalue weighted by atomic mass is 31.0. The predicted molar refractivity (Wildman–Crippen MR) is 60.8 cm³/mol. The Bertz CT molecular complexity index is 130. The number of rotatable bonds is 5. The average molecular weight is 189 g/mol. The van der Waals surface area contributed by atoms with Crippen LogP contribution < -0.4 is 5.32 Å². The van der Waals surface area contributed by atoms with Gasteiger partial charge in [0.05, 0.1) is 0 Å². The monoisotopic (exact) mass is 189 g/mol. The second kappa shape index (κ2) is 4.58. The van der Waals surface area contributed by atoms with Gasteiger partial charge in [0.15, 0.2) is 0 Å². The van der Waals surface area contributed by atoms with Crippen LogP contribution in [0.2, 0.25) is 0 Å². The maximum Gasteiger partial charge on any atom is 0.0133 e. The van der Waals surface area contributed by atoms with E-state index in [1.807, 2.05) is 0 Å². The van der Waals surface area contributed by atoms with Gasteiger partial charge in [-0.3, -0.25) is 0 Å². The molecule has 1 nitrogen and oxygen atoms in total. The van der Waals surface area contributed by atoms with Crippen LogP contribution in [0.25, 0.3) is 0 Å². The van der Waals surface area contributed by atoms with E-state index in [1.54, 1.807) is 0 Å². The molecule has 0 heterocycles. The minimum atomic E-state index is 0.265. The van der Waals surface area contributed by atoms with Gasteiger partial charge in [0.25, 0.3) is 0 Å². The minimum absolute atomic E-state index is 0.265. The maximum atomic E-state index is 3.50. The Morgan fingerprint density at radius 2 is 1.67 bits per heavy atom. The second-order valence-corrected chi connectivity index (χ2v) is 5.99. The molecule has 0 rings (SSSR count). The molecule has 2 heteroatoms. The molecule has 0 spiro atoms. The van der Waals surface area contributed by atoms with Crippen LogP contribution >= 0.6 is 9.24 Å². The van der Waals surface area contributed by atoms with Crippen LogP contribution in [-0.2, 0) is 0 Å². The molecule has 2 unspecified atom stereocenters. The molecule has 0 aromatic rings. The van der Waals surface area contributed by atoms with Crippen LogP contribution in [0.1, 0.15) is 47.5 Å². The Morgan fingerprint density at radius 1 is 1.17 bits per heavy atom. The first kappa shape index (κ1) is 12.4. The zero-order valence-electron chi connectivity index (χ0n) is 9.20. The van der Waals surface area contributed by atoms with Gasteiger partial charge in [0.2, 0.25) is 0 Å². The van der Waals surface area contributed by atoms with Gasteiger partial charge in [-0.05, 0) is 38.4 Å². The van der Waals surface area contributed by atoms with E-state index in [9.17, 15) is 0 Å². The average Bonchev–Trinajstić information content (AvgIpc) is 1.85. The van der Waals surface area contributed by atoms with Gasteiger partial charge in [-0.1, -0.05) is 20.8 Å². The highest BCUT2D eigenvalue weighted by Crippen LogP contribution is 2.31. The number of hydrogen-bond acceptors (Lipinski definition) is 1. The highest BCUT2D eigenvalue weighted by molar-refractivity contribution is 7.18. The summed E-state index contributed by atoms with van der Waals surface area (Å²) in [6, 6.07) is 0. The maximum absolute atomic E-state index is 3.50. The first-order valence-electron chi connectivity index (χ1n) is 4.87. The summed E-state index contributed by atoms with van der Waals surface area (Å²) >= 11 is 0. The van der Waals surface area contributed by atoms with Crippen molar-refractivity contribution in [1.82, 2.24) is 5.32 Å². The molecule has 0 aliphatic carbocycles. The molecular weight excluding hydrogens is 165 g/mol. The van der Waals surface area contributed by atoms with Crippen LogP contribution in [0.5, 0.6) is 0 Å². The molecule has 2 atom stereocenters. The van der Waals surface area contributed by atoms with Crippen LogP contribution in [0.15, 0.2) is 0 Å². The van der Waals surface area contributed by atoms with E-state index in [2.05, 4.69) is 49.2 Å². The van der Waals surface area contributed by atoms with Gasteiger partial charge in [0.1, 0.15) is 0 Å². The van der Waals surface area contributed by atoms with Crippen molar-refractivity contribution in [1.29, 1.82) is 0 Å². The third-order valence-electron chi connectivity index (χ3n) is 2.31. The van der Waals surface area contributed by atoms with E-state index in [4.69, 9.17) is 0 Å². The third kappa shape index (κ3) is 5.11. The fraction of sp³-hybridized carbons (Fsp3) is 1.00. The fourth-order valence-electron chi connectivity index (χ4n) is 1.68. The Hall–Kier alpha value is 0.390. The molecule has 12 heavy (non-hydrogen) atoms. The van der Waals surface area contributed by atoms with E-state index in [0.29, 0.717) is 5.16 Å². The molecule has 0 saturated carbocycles. The summed E-state index contributed by atoms with van der Waals surface area (Å²) in [6.07, 6.45) is 2.42. The molecule has 0 saturated heterocycles. The number of nitrogens with one attached hydrogen (secondary N) is 1. The summed E-state index contributed by atoms with van der Waals surface area (Å²) < 4.78 is 0. The van der Waals surface area contributed by atoms with Gasteiger partial charge in [-0.25, -0.2) is 0 Å². The molecular formula is C10H24NP. The lowest BCUT2D eigenvalue weighted by molar-refractivity contribution is 0.328. The lowest BCUT2D eigenvalue weighted by Gasteiger charge is -2.34. The Labute approximate surface area is 79.9 Å². The van der Waals surface area contributed by atoms with Crippen molar-refractivity contribution in [3.8, 4) is 0 Å². The van der Waals surface area contributed by atoms with Crippen LogP contribution in [0, 0.1) is 0 Å². The normalized spacial score (nSPS) is 17.5. The summed E-state index contributed by atoms with van der Waals surface area (Å²) in [4.78, 5) is 0. The molecule has 0 aliphatic rings. The second-order valence-electron chi connectivity index (χ2n) is 4.60. The SMILES string of the molecule is CCNC(C)(C)CC(C)(P)CC. The van der Waals surface area contributed by atoms with E-state index >= 15 is 0 Å². The lowest BCUT2D eigenvalue weighted by atomic mass is 9.89. The van der Waals surface area contributed by atoms with E-state index < -0.39 is 0 Å². The van der Waals surface area contributed by atoms with Crippen LogP contribution in [0.3, 0.4) is 0 Å². The van der Waals surface area contributed by atoms with Crippen molar-refractivity contribution in [2.45, 2.75) is 58.2 Å². The zero-order valence-corrected chi connectivity index (χ0v) is 10.4. The summed E-state index contributed by atoms with van der Waals surface area (Å²) in [5, 5.41) is 3.88. The summed E-state index contributed by atoms with van der Waals surface area (Å²) in [5.74, 6) is 0. The minimum Gasteiger partial charge on any atom is -0.312 e. The molecule has 0 aliphatic heterocycles. The van der Waals surface area contributed by atoms with E-state index in [1.165, 1.54) is 12.8 Å². The Kier molecular flexibility index (Phi) is 4.73. The predicted octanol–water partition coefficient (Wildman–Crippen LogP) is 2.81. The van der Waals surface area contributed by atoms with Crippen molar-refractivity contribution in [2.24, 2.45) is 0 Å². The summed E-state index contributed by atoms with van der Waals surface area (Å²) in [6.45, 7) is 12.3. The molecule has 0 aromatic heterocycles. The highest BCUT2D eigenvalue weighted by Gasteiger charge is 2.26. The molecule has 0 amide bonds. The standard InChI is InChI=1S/C10H24NP/c1-6-10(5,12)8-9(3,4)11-7-2/h11H,6-8,12H2,1-5H3. The molecule has 0 aromatic carbocycles. The van der Waals surface area contributed by atoms with Gasteiger partial charge in [-0.2, -0.15) is 0 Å². The smallest absolute Gasteiger partial charge is 0.0133 e. The Morgan fingerprint density at radius 3 is 2.00 bits per heavy atom. The van der Waals surface area contributed by atoms with E-state index in [-0.39, 0.29) is 5.54 Å². The van der Waals surface area contributed by atoms with Crippen LogP contribution in [-0.4, -0.2) is 17.2 Å². The summed E-state index contributed by atoms with van der Waals surface area (Å²) in [5.41, 5.74) is 0.265. The topological polar surface area (TPSA) is 12.0 Å². The van der Waals surface area contributed by atoms with Gasteiger partial charge in [0, 0.05) is 5.54 Å². The van der Waals surface area contributed by atoms with Gasteiger partial charge < -0.3 is 5.32 Å². The molecule has 74 valence electrons. The summed E-state index contributed by atoms with van der Waals surface area (Å²) in [7, 11) is 2.96. The first-order chi connectivity index (χ1) is 5.33. The van der Waals surface area contributed by atoms with Crippen molar-refractivity contribution >= 4 is 9.24 Å². The van der Waals surface area contributed by atoms with Crippen molar-refractivity contribution in [3.05, 3.63) is 0 Å². The van der Waals surface area contributed by atoms with E-state index in [0.717, 1.165) is 6.54 Å². The fourth-order valence-corrected chi connectivity index (χ4v) is 2.19. The third-order valence-corrected chi connectivity index (χ3v) is 2.92. The van der Waals surface area contributed by atoms with Gasteiger partial charge >= 0.3 is 0 Å². The first-order valence-corrected chi connectivity index (χ1v) is 5.44. The number of hydrogen-bond donors (Lipinski definition) is 1. The lowest BCUT2D eigenvalue weighted by Crippen LogP contribution is -2.43. The Balaban J connectivity index is 4.04. The molecule has 1 N–H and O–H groups in total. The molecule has 0 bridgehead atoms. The molecule has 0 radical (unpaired) electrons. The van der Waals surface area contributed by atoms with Gasteiger partial charge in [-0.15, -0.1) is 9.24 Å². The molecule has 0 fully saturated rings. The van der Waals surface area contributed by atoms with Crippen LogP contribution in [0.4, 0.5) is 0 Å².